The Bertz CT molecular complexity index is 775. The van der Waals surface area contributed by atoms with Crippen LogP contribution in [0.1, 0.15) is 42.5 Å². The minimum atomic E-state index is -0.653. The van der Waals surface area contributed by atoms with Gasteiger partial charge in [0.2, 0.25) is 5.91 Å². The summed E-state index contributed by atoms with van der Waals surface area (Å²) in [5, 5.41) is 9.70. The van der Waals surface area contributed by atoms with Gasteiger partial charge < -0.3 is 14.5 Å². The topological polar surface area (TPSA) is 76.9 Å². The molecule has 3 rings (SSSR count). The molecule has 156 valence electrons. The van der Waals surface area contributed by atoms with E-state index >= 15 is 0 Å². The van der Waals surface area contributed by atoms with Crippen LogP contribution in [0.5, 0.6) is 5.75 Å². The smallest absolute Gasteiger partial charge is 0.254 e. The molecule has 1 aliphatic carbocycles. The van der Waals surface area contributed by atoms with Crippen LogP contribution in [0.2, 0.25) is 0 Å². The van der Waals surface area contributed by atoms with Crippen LogP contribution in [0, 0.1) is 11.3 Å². The van der Waals surface area contributed by atoms with E-state index in [2.05, 4.69) is 11.0 Å². The molecule has 2 amide bonds. The van der Waals surface area contributed by atoms with Crippen LogP contribution >= 0.6 is 0 Å². The summed E-state index contributed by atoms with van der Waals surface area (Å²) in [6.45, 7) is 2.75. The van der Waals surface area contributed by atoms with Gasteiger partial charge in [-0.05, 0) is 31.0 Å². The molecule has 0 aromatic heterocycles. The lowest BCUT2D eigenvalue weighted by Gasteiger charge is -2.41. The summed E-state index contributed by atoms with van der Waals surface area (Å²) in [5.41, 5.74) is -0.0404. The number of likely N-dealkylation sites (N-methyl/N-ethyl adjacent to an activating group) is 1. The van der Waals surface area contributed by atoms with Gasteiger partial charge in [-0.15, -0.1) is 0 Å². The first-order chi connectivity index (χ1) is 14.0. The van der Waals surface area contributed by atoms with Crippen LogP contribution in [-0.4, -0.2) is 78.9 Å². The number of nitrogens with zero attached hydrogens (tertiary/aromatic N) is 4. The quantitative estimate of drug-likeness (QED) is 0.759. The molecule has 0 unspecified atom stereocenters. The van der Waals surface area contributed by atoms with Crippen molar-refractivity contribution in [1.29, 1.82) is 5.26 Å². The summed E-state index contributed by atoms with van der Waals surface area (Å²) in [6, 6.07) is 9.58. The van der Waals surface area contributed by atoms with Gasteiger partial charge in [0.05, 0.1) is 19.7 Å². The fraction of sp³-hybridized carbons (Fsp3) is 0.591. The van der Waals surface area contributed by atoms with Gasteiger partial charge in [-0.1, -0.05) is 25.3 Å². The van der Waals surface area contributed by atoms with E-state index in [-0.39, 0.29) is 11.8 Å². The molecular weight excluding hydrogens is 368 g/mol. The standard InChI is InChI=1S/C22H30N4O3/c1-24(22(17-23)9-4-3-5-10-22)20(27)16-25-11-13-26(14-12-25)21(28)18-7-6-8-19(15-18)29-2/h6-8,15H,3-5,9-14,16H2,1-2H3. The number of piperazine rings is 1. The van der Waals surface area contributed by atoms with Gasteiger partial charge in [0.25, 0.3) is 5.91 Å². The van der Waals surface area contributed by atoms with Gasteiger partial charge in [0.15, 0.2) is 0 Å². The fourth-order valence-corrected chi connectivity index (χ4v) is 4.24. The average Bonchev–Trinajstić information content (AvgIpc) is 2.79. The minimum absolute atomic E-state index is 0.0129. The maximum Gasteiger partial charge on any atom is 0.254 e. The number of hydrogen-bond acceptors (Lipinski definition) is 5. The lowest BCUT2D eigenvalue weighted by Crippen LogP contribution is -2.55. The Morgan fingerprint density at radius 3 is 2.48 bits per heavy atom. The number of rotatable bonds is 5. The van der Waals surface area contributed by atoms with E-state index in [9.17, 15) is 14.9 Å². The molecule has 7 heteroatoms. The molecule has 1 aliphatic heterocycles. The van der Waals surface area contributed by atoms with Crippen molar-refractivity contribution in [2.24, 2.45) is 0 Å². The third-order valence-electron chi connectivity index (χ3n) is 6.24. The van der Waals surface area contributed by atoms with Crippen LogP contribution in [0.15, 0.2) is 24.3 Å². The summed E-state index contributed by atoms with van der Waals surface area (Å²) in [7, 11) is 3.35. The molecule has 1 saturated carbocycles. The van der Waals surface area contributed by atoms with Crippen molar-refractivity contribution in [2.45, 2.75) is 37.6 Å². The van der Waals surface area contributed by atoms with E-state index in [1.54, 1.807) is 31.2 Å². The zero-order chi connectivity index (χ0) is 20.9. The highest BCUT2D eigenvalue weighted by molar-refractivity contribution is 5.94. The van der Waals surface area contributed by atoms with E-state index in [0.29, 0.717) is 44.0 Å². The van der Waals surface area contributed by atoms with Crippen molar-refractivity contribution in [1.82, 2.24) is 14.7 Å². The largest absolute Gasteiger partial charge is 0.497 e. The number of hydrogen-bond donors (Lipinski definition) is 0. The second-order valence-electron chi connectivity index (χ2n) is 7.96. The second kappa shape index (κ2) is 9.27. The normalized spacial score (nSPS) is 19.3. The second-order valence-corrected chi connectivity index (χ2v) is 7.96. The Labute approximate surface area is 172 Å². The van der Waals surface area contributed by atoms with Crippen LogP contribution in [0.3, 0.4) is 0 Å². The van der Waals surface area contributed by atoms with Crippen LogP contribution < -0.4 is 4.74 Å². The Morgan fingerprint density at radius 2 is 1.86 bits per heavy atom. The number of ether oxygens (including phenoxy) is 1. The molecule has 29 heavy (non-hydrogen) atoms. The molecule has 2 fully saturated rings. The van der Waals surface area contributed by atoms with Gasteiger partial charge in [-0.2, -0.15) is 5.26 Å². The molecule has 1 aromatic carbocycles. The Kier molecular flexibility index (Phi) is 6.75. The number of nitriles is 1. The number of methoxy groups -OCH3 is 1. The first-order valence-corrected chi connectivity index (χ1v) is 10.3. The fourth-order valence-electron chi connectivity index (χ4n) is 4.24. The monoisotopic (exact) mass is 398 g/mol. The molecule has 2 aliphatic rings. The zero-order valence-corrected chi connectivity index (χ0v) is 17.4. The number of carbonyl (C=O) groups excluding carboxylic acids is 2. The highest BCUT2D eigenvalue weighted by atomic mass is 16.5. The van der Waals surface area contributed by atoms with E-state index in [4.69, 9.17) is 4.74 Å². The number of amides is 2. The summed E-state index contributed by atoms with van der Waals surface area (Å²) in [4.78, 5) is 31.1. The number of benzene rings is 1. The first kappa shape index (κ1) is 21.1. The van der Waals surface area contributed by atoms with Gasteiger partial charge in [-0.25, -0.2) is 0 Å². The predicted octanol–water partition coefficient (Wildman–Crippen LogP) is 2.14. The molecule has 0 radical (unpaired) electrons. The molecule has 1 aromatic rings. The van der Waals surface area contributed by atoms with Crippen molar-refractivity contribution >= 4 is 11.8 Å². The van der Waals surface area contributed by atoms with Gasteiger partial charge >= 0.3 is 0 Å². The van der Waals surface area contributed by atoms with Crippen molar-refractivity contribution in [3.8, 4) is 11.8 Å². The average molecular weight is 399 g/mol. The van der Waals surface area contributed by atoms with Crippen LogP contribution in [0.4, 0.5) is 0 Å². The molecule has 1 saturated heterocycles. The molecule has 0 atom stereocenters. The van der Waals surface area contributed by atoms with Crippen molar-refractivity contribution in [2.75, 3.05) is 46.9 Å². The van der Waals surface area contributed by atoms with Crippen molar-refractivity contribution in [3.63, 3.8) is 0 Å². The predicted molar refractivity (Wildman–Crippen MR) is 110 cm³/mol. The number of carbonyl (C=O) groups is 2. The van der Waals surface area contributed by atoms with E-state index in [1.165, 1.54) is 0 Å². The summed E-state index contributed by atoms with van der Waals surface area (Å²) in [6.07, 6.45) is 4.64. The lowest BCUT2D eigenvalue weighted by molar-refractivity contribution is -0.136. The molecular formula is C22H30N4O3. The van der Waals surface area contributed by atoms with Gasteiger partial charge in [0, 0.05) is 38.8 Å². The van der Waals surface area contributed by atoms with Gasteiger partial charge in [-0.3, -0.25) is 14.5 Å². The van der Waals surface area contributed by atoms with Crippen LogP contribution in [0.25, 0.3) is 0 Å². The first-order valence-electron chi connectivity index (χ1n) is 10.3. The molecule has 0 bridgehead atoms. The SMILES string of the molecule is COc1cccc(C(=O)N2CCN(CC(=O)N(C)C3(C#N)CCCCC3)CC2)c1. The Morgan fingerprint density at radius 1 is 1.17 bits per heavy atom. The molecule has 0 N–H and O–H groups in total. The van der Waals surface area contributed by atoms with Crippen LogP contribution in [-0.2, 0) is 4.79 Å². The summed E-state index contributed by atoms with van der Waals surface area (Å²) in [5.74, 6) is 0.635. The maximum absolute atomic E-state index is 12.8. The molecule has 1 heterocycles. The maximum atomic E-state index is 12.8. The van der Waals surface area contributed by atoms with E-state index in [0.717, 1.165) is 32.1 Å². The molecule has 0 spiro atoms. The van der Waals surface area contributed by atoms with E-state index in [1.807, 2.05) is 17.0 Å². The molecule has 7 nitrogen and oxygen atoms in total. The zero-order valence-electron chi connectivity index (χ0n) is 17.4. The van der Waals surface area contributed by atoms with Crippen molar-refractivity contribution in [3.05, 3.63) is 29.8 Å². The third-order valence-corrected chi connectivity index (χ3v) is 6.24. The summed E-state index contributed by atoms with van der Waals surface area (Å²) >= 11 is 0. The van der Waals surface area contributed by atoms with Gasteiger partial charge in [0.1, 0.15) is 11.3 Å². The third kappa shape index (κ3) is 4.70. The Balaban J connectivity index is 1.53. The van der Waals surface area contributed by atoms with E-state index < -0.39 is 5.54 Å². The summed E-state index contributed by atoms with van der Waals surface area (Å²) < 4.78 is 5.20. The van der Waals surface area contributed by atoms with Crippen molar-refractivity contribution < 1.29 is 14.3 Å². The highest BCUT2D eigenvalue weighted by Crippen LogP contribution is 2.32. The minimum Gasteiger partial charge on any atom is -0.497 e. The Hall–Kier alpha value is -2.59. The highest BCUT2D eigenvalue weighted by Gasteiger charge is 2.39. The lowest BCUT2D eigenvalue weighted by atomic mass is 9.81.